The third kappa shape index (κ3) is 11.8. The molecule has 0 rings (SSSR count). The summed E-state index contributed by atoms with van der Waals surface area (Å²) >= 11 is 0. The molecule has 0 saturated heterocycles. The predicted molar refractivity (Wildman–Crippen MR) is 60.9 cm³/mol. The second-order valence-electron chi connectivity index (χ2n) is 3.72. The lowest BCUT2D eigenvalue weighted by Crippen LogP contribution is -2.32. The van der Waals surface area contributed by atoms with E-state index in [1.54, 1.807) is 0 Å². The van der Waals surface area contributed by atoms with Gasteiger partial charge >= 0.3 is 0 Å². The number of rotatable bonds is 11. The quantitative estimate of drug-likeness (QED) is 0.444. The summed E-state index contributed by atoms with van der Waals surface area (Å²) < 4.78 is 5.32. The number of hydrogen-bond donors (Lipinski definition) is 3. The van der Waals surface area contributed by atoms with Crippen molar-refractivity contribution in [3.63, 3.8) is 0 Å². The zero-order chi connectivity index (χ0) is 11.4. The molecule has 0 aromatic carbocycles. The van der Waals surface area contributed by atoms with Crippen LogP contribution in [0.4, 0.5) is 0 Å². The maximum atomic E-state index is 9.41. The zero-order valence-electron chi connectivity index (χ0n) is 9.74. The molecule has 4 nitrogen and oxygen atoms in total. The van der Waals surface area contributed by atoms with Gasteiger partial charge in [0.25, 0.3) is 0 Å². The highest BCUT2D eigenvalue weighted by atomic mass is 16.5. The van der Waals surface area contributed by atoms with Crippen molar-refractivity contribution in [2.45, 2.75) is 38.7 Å². The molecule has 0 bridgehead atoms. The molecule has 3 N–H and O–H groups in total. The number of nitrogens with one attached hydrogen (secondary N) is 1. The summed E-state index contributed by atoms with van der Waals surface area (Å²) in [4.78, 5) is 0. The summed E-state index contributed by atoms with van der Waals surface area (Å²) in [7, 11) is 0. The molecule has 0 saturated carbocycles. The second kappa shape index (κ2) is 11.9. The van der Waals surface area contributed by atoms with E-state index in [1.807, 2.05) is 0 Å². The zero-order valence-corrected chi connectivity index (χ0v) is 9.74. The molecule has 4 heteroatoms. The average Bonchev–Trinajstić information content (AvgIpc) is 2.23. The van der Waals surface area contributed by atoms with Crippen LogP contribution in [0.15, 0.2) is 0 Å². The summed E-state index contributed by atoms with van der Waals surface area (Å²) in [5.41, 5.74) is 0. The summed E-state index contributed by atoms with van der Waals surface area (Å²) in [5.74, 6) is 0. The first-order chi connectivity index (χ1) is 7.31. The Bertz CT molecular complexity index is 122. The van der Waals surface area contributed by atoms with E-state index in [0.717, 1.165) is 13.0 Å². The summed E-state index contributed by atoms with van der Waals surface area (Å²) in [5, 5.41) is 20.8. The van der Waals surface area contributed by atoms with E-state index >= 15 is 0 Å². The normalized spacial score (nSPS) is 13.0. The van der Waals surface area contributed by atoms with Crippen molar-refractivity contribution >= 4 is 0 Å². The molecule has 0 aliphatic rings. The molecule has 0 fully saturated rings. The van der Waals surface area contributed by atoms with Gasteiger partial charge in [0, 0.05) is 19.7 Å². The summed E-state index contributed by atoms with van der Waals surface area (Å²) in [6.07, 6.45) is 4.29. The molecule has 15 heavy (non-hydrogen) atoms. The molecule has 0 aromatic heterocycles. The van der Waals surface area contributed by atoms with Gasteiger partial charge in [0.2, 0.25) is 0 Å². The highest BCUT2D eigenvalue weighted by molar-refractivity contribution is 4.57. The third-order valence-corrected chi connectivity index (χ3v) is 2.12. The lowest BCUT2D eigenvalue weighted by molar-refractivity contribution is 0.0351. The van der Waals surface area contributed by atoms with Crippen molar-refractivity contribution in [1.29, 1.82) is 0 Å². The standard InChI is InChI=1S/C11H25NO3/c1-2-3-4-5-8-15-10-11(14)9-12-6-7-13/h11-14H,2-10H2,1H3. The molecule has 0 aromatic rings. The van der Waals surface area contributed by atoms with Crippen molar-refractivity contribution < 1.29 is 14.9 Å². The highest BCUT2D eigenvalue weighted by Gasteiger charge is 2.02. The number of ether oxygens (including phenoxy) is 1. The lowest BCUT2D eigenvalue weighted by atomic mass is 10.2. The molecule has 0 aliphatic heterocycles. The maximum absolute atomic E-state index is 9.41. The number of unbranched alkanes of at least 4 members (excludes halogenated alkanes) is 3. The Kier molecular flexibility index (Phi) is 11.8. The van der Waals surface area contributed by atoms with Crippen molar-refractivity contribution in [2.24, 2.45) is 0 Å². The monoisotopic (exact) mass is 219 g/mol. The summed E-state index contributed by atoms with van der Waals surface area (Å²) in [6.45, 7) is 4.40. The van der Waals surface area contributed by atoms with Gasteiger partial charge in [-0.2, -0.15) is 0 Å². The van der Waals surface area contributed by atoms with Crippen molar-refractivity contribution in [1.82, 2.24) is 5.32 Å². The molecule has 0 amide bonds. The molecule has 0 heterocycles. The maximum Gasteiger partial charge on any atom is 0.0897 e. The minimum atomic E-state index is -0.470. The molecular formula is C11H25NO3. The minimum absolute atomic E-state index is 0.102. The van der Waals surface area contributed by atoms with Gasteiger partial charge in [0.05, 0.1) is 19.3 Å². The first-order valence-electron chi connectivity index (χ1n) is 5.88. The number of aliphatic hydroxyl groups is 2. The van der Waals surface area contributed by atoms with E-state index in [2.05, 4.69) is 12.2 Å². The van der Waals surface area contributed by atoms with Crippen LogP contribution >= 0.6 is 0 Å². The smallest absolute Gasteiger partial charge is 0.0897 e. The minimum Gasteiger partial charge on any atom is -0.395 e. The molecule has 1 atom stereocenters. The van der Waals surface area contributed by atoms with Crippen molar-refractivity contribution in [2.75, 3.05) is 32.9 Å². The van der Waals surface area contributed by atoms with Gasteiger partial charge in [-0.05, 0) is 6.42 Å². The van der Waals surface area contributed by atoms with Crippen LogP contribution in [-0.2, 0) is 4.74 Å². The Hall–Kier alpha value is -0.160. The van der Waals surface area contributed by atoms with E-state index in [9.17, 15) is 5.11 Å². The third-order valence-electron chi connectivity index (χ3n) is 2.12. The Morgan fingerprint density at radius 3 is 2.73 bits per heavy atom. The fraction of sp³-hybridized carbons (Fsp3) is 1.00. The van der Waals surface area contributed by atoms with E-state index in [4.69, 9.17) is 9.84 Å². The fourth-order valence-electron chi connectivity index (χ4n) is 1.26. The second-order valence-corrected chi connectivity index (χ2v) is 3.72. The van der Waals surface area contributed by atoms with Gasteiger partial charge in [-0.1, -0.05) is 26.2 Å². The predicted octanol–water partition coefficient (Wildman–Crippen LogP) is 0.526. The fourth-order valence-corrected chi connectivity index (χ4v) is 1.26. The molecule has 0 spiro atoms. The lowest BCUT2D eigenvalue weighted by Gasteiger charge is -2.11. The Morgan fingerprint density at radius 1 is 1.27 bits per heavy atom. The Labute approximate surface area is 92.6 Å². The van der Waals surface area contributed by atoms with Crippen LogP contribution in [0.5, 0.6) is 0 Å². The molecular weight excluding hydrogens is 194 g/mol. The summed E-state index contributed by atoms with van der Waals surface area (Å²) in [6, 6.07) is 0. The van der Waals surface area contributed by atoms with Gasteiger partial charge in [0.1, 0.15) is 0 Å². The molecule has 0 aliphatic carbocycles. The van der Waals surface area contributed by atoms with Crippen molar-refractivity contribution in [3.8, 4) is 0 Å². The molecule has 1 unspecified atom stereocenters. The first-order valence-corrected chi connectivity index (χ1v) is 5.88. The van der Waals surface area contributed by atoms with E-state index in [-0.39, 0.29) is 6.61 Å². The van der Waals surface area contributed by atoms with Gasteiger partial charge < -0.3 is 20.3 Å². The van der Waals surface area contributed by atoms with Crippen LogP contribution in [0.3, 0.4) is 0 Å². The largest absolute Gasteiger partial charge is 0.395 e. The van der Waals surface area contributed by atoms with E-state index < -0.39 is 6.10 Å². The van der Waals surface area contributed by atoms with Crippen LogP contribution in [-0.4, -0.2) is 49.2 Å². The topological polar surface area (TPSA) is 61.7 Å². The molecule has 0 radical (unpaired) electrons. The van der Waals surface area contributed by atoms with Crippen LogP contribution in [0.1, 0.15) is 32.6 Å². The van der Waals surface area contributed by atoms with Gasteiger partial charge in [-0.3, -0.25) is 0 Å². The van der Waals surface area contributed by atoms with Gasteiger partial charge in [0.15, 0.2) is 0 Å². The SMILES string of the molecule is CCCCCCOCC(O)CNCCO. The van der Waals surface area contributed by atoms with Crippen molar-refractivity contribution in [3.05, 3.63) is 0 Å². The Morgan fingerprint density at radius 2 is 2.07 bits per heavy atom. The number of aliphatic hydroxyl groups excluding tert-OH is 2. The number of hydrogen-bond acceptors (Lipinski definition) is 4. The first kappa shape index (κ1) is 14.8. The van der Waals surface area contributed by atoms with Crippen LogP contribution in [0, 0.1) is 0 Å². The van der Waals surface area contributed by atoms with Crippen LogP contribution in [0.25, 0.3) is 0 Å². The molecule has 92 valence electrons. The van der Waals surface area contributed by atoms with E-state index in [1.165, 1.54) is 19.3 Å². The van der Waals surface area contributed by atoms with Crippen LogP contribution < -0.4 is 5.32 Å². The average molecular weight is 219 g/mol. The van der Waals surface area contributed by atoms with Gasteiger partial charge in [-0.15, -0.1) is 0 Å². The highest BCUT2D eigenvalue weighted by Crippen LogP contribution is 1.99. The Balaban J connectivity index is 3.06. The van der Waals surface area contributed by atoms with Gasteiger partial charge in [-0.25, -0.2) is 0 Å². The van der Waals surface area contributed by atoms with Crippen LogP contribution in [0.2, 0.25) is 0 Å². The van der Waals surface area contributed by atoms with E-state index in [0.29, 0.717) is 19.7 Å².